The maximum absolute atomic E-state index is 12.6. The predicted molar refractivity (Wildman–Crippen MR) is 83.3 cm³/mol. The van der Waals surface area contributed by atoms with Crippen LogP contribution in [0.1, 0.15) is 51.7 Å². The van der Waals surface area contributed by atoms with Gasteiger partial charge >= 0.3 is 5.97 Å². The number of hydrogen-bond donors (Lipinski definition) is 2. The van der Waals surface area contributed by atoms with Crippen LogP contribution in [-0.2, 0) is 15.0 Å². The van der Waals surface area contributed by atoms with Gasteiger partial charge in [-0.2, -0.15) is 0 Å². The van der Waals surface area contributed by atoms with Gasteiger partial charge in [0.25, 0.3) is 0 Å². The number of hydrogen-bond acceptors (Lipinski definition) is 2. The lowest BCUT2D eigenvalue weighted by Crippen LogP contribution is -2.56. The second kappa shape index (κ2) is 6.29. The third kappa shape index (κ3) is 3.84. The minimum absolute atomic E-state index is 0.272. The Kier molecular flexibility index (Phi) is 5.15. The van der Waals surface area contributed by atoms with E-state index in [1.807, 2.05) is 52.0 Å². The molecule has 0 fully saturated rings. The summed E-state index contributed by atoms with van der Waals surface area (Å²) >= 11 is 0. The van der Waals surface area contributed by atoms with Gasteiger partial charge in [-0.1, -0.05) is 43.2 Å². The molecule has 0 radical (unpaired) electrons. The maximum atomic E-state index is 12.6. The second-order valence-electron chi connectivity index (χ2n) is 6.34. The molecule has 0 aliphatic carbocycles. The summed E-state index contributed by atoms with van der Waals surface area (Å²) in [6.45, 7) is 9.05. The van der Waals surface area contributed by atoms with Crippen LogP contribution in [-0.4, -0.2) is 22.5 Å². The highest BCUT2D eigenvalue weighted by Crippen LogP contribution is 2.26. The predicted octanol–water partition coefficient (Wildman–Crippen LogP) is 3.03. The summed E-state index contributed by atoms with van der Waals surface area (Å²) < 4.78 is 0. The van der Waals surface area contributed by atoms with Gasteiger partial charge in [-0.25, -0.2) is 4.79 Å². The number of nitrogens with one attached hydrogen (secondary N) is 1. The summed E-state index contributed by atoms with van der Waals surface area (Å²) in [6, 6.07) is 7.72. The molecular weight excluding hydrogens is 266 g/mol. The number of rotatable bonds is 6. The number of carbonyl (C=O) groups excluding carboxylic acids is 1. The molecule has 116 valence electrons. The molecular formula is C17H25NO3. The zero-order chi connectivity index (χ0) is 16.3. The van der Waals surface area contributed by atoms with E-state index >= 15 is 0 Å². The van der Waals surface area contributed by atoms with E-state index in [0.717, 1.165) is 11.1 Å². The van der Waals surface area contributed by atoms with Gasteiger partial charge in [-0.05, 0) is 39.7 Å². The van der Waals surface area contributed by atoms with E-state index in [0.29, 0.717) is 12.8 Å². The minimum Gasteiger partial charge on any atom is -0.480 e. The SMILES string of the molecule is CCCC(C)(NC(=O)C(C)(C)c1cccc(C)c1)C(=O)O. The lowest BCUT2D eigenvalue weighted by atomic mass is 9.81. The quantitative estimate of drug-likeness (QED) is 0.846. The molecule has 1 unspecified atom stereocenters. The Morgan fingerprint density at radius 2 is 1.86 bits per heavy atom. The normalized spacial score (nSPS) is 14.3. The van der Waals surface area contributed by atoms with E-state index in [2.05, 4.69) is 5.32 Å². The van der Waals surface area contributed by atoms with E-state index in [-0.39, 0.29) is 5.91 Å². The van der Waals surface area contributed by atoms with Crippen molar-refractivity contribution in [2.24, 2.45) is 0 Å². The van der Waals surface area contributed by atoms with Gasteiger partial charge in [-0.3, -0.25) is 4.79 Å². The first-order valence-electron chi connectivity index (χ1n) is 7.26. The first kappa shape index (κ1) is 17.2. The summed E-state index contributed by atoms with van der Waals surface area (Å²) in [6.07, 6.45) is 1.09. The molecule has 1 amide bonds. The van der Waals surface area contributed by atoms with Gasteiger partial charge in [0.1, 0.15) is 5.54 Å². The minimum atomic E-state index is -1.23. The average molecular weight is 291 g/mol. The van der Waals surface area contributed by atoms with Crippen LogP contribution in [0.4, 0.5) is 0 Å². The molecule has 0 aromatic heterocycles. The number of carbonyl (C=O) groups is 2. The molecule has 1 aromatic carbocycles. The maximum Gasteiger partial charge on any atom is 0.329 e. The molecule has 0 spiro atoms. The fourth-order valence-electron chi connectivity index (χ4n) is 2.29. The highest BCUT2D eigenvalue weighted by Gasteiger charge is 2.39. The molecule has 0 bridgehead atoms. The molecule has 2 N–H and O–H groups in total. The lowest BCUT2D eigenvalue weighted by Gasteiger charge is -2.32. The van der Waals surface area contributed by atoms with Gasteiger partial charge in [0.05, 0.1) is 5.41 Å². The van der Waals surface area contributed by atoms with Crippen molar-refractivity contribution in [2.45, 2.75) is 58.4 Å². The van der Waals surface area contributed by atoms with Crippen molar-refractivity contribution >= 4 is 11.9 Å². The van der Waals surface area contributed by atoms with E-state index < -0.39 is 16.9 Å². The first-order chi connectivity index (χ1) is 9.63. The highest BCUT2D eigenvalue weighted by molar-refractivity contribution is 5.92. The Bertz CT molecular complexity index is 537. The van der Waals surface area contributed by atoms with Crippen molar-refractivity contribution in [3.63, 3.8) is 0 Å². The fourth-order valence-corrected chi connectivity index (χ4v) is 2.29. The molecule has 0 saturated carbocycles. The van der Waals surface area contributed by atoms with Crippen LogP contribution in [0.5, 0.6) is 0 Å². The monoisotopic (exact) mass is 291 g/mol. The molecule has 0 saturated heterocycles. The van der Waals surface area contributed by atoms with Gasteiger partial charge in [0.2, 0.25) is 5.91 Å². The molecule has 1 aromatic rings. The number of aliphatic carboxylic acids is 1. The Hall–Kier alpha value is -1.84. The zero-order valence-electron chi connectivity index (χ0n) is 13.5. The van der Waals surface area contributed by atoms with Gasteiger partial charge in [0, 0.05) is 0 Å². The Morgan fingerprint density at radius 3 is 2.33 bits per heavy atom. The number of aryl methyl sites for hydroxylation is 1. The first-order valence-corrected chi connectivity index (χ1v) is 7.26. The van der Waals surface area contributed by atoms with Crippen molar-refractivity contribution in [3.05, 3.63) is 35.4 Å². The van der Waals surface area contributed by atoms with E-state index in [1.165, 1.54) is 0 Å². The van der Waals surface area contributed by atoms with Crippen LogP contribution < -0.4 is 5.32 Å². The number of carboxylic acids is 1. The zero-order valence-corrected chi connectivity index (χ0v) is 13.5. The summed E-state index contributed by atoms with van der Waals surface area (Å²) in [5.74, 6) is -1.27. The summed E-state index contributed by atoms with van der Waals surface area (Å²) in [4.78, 5) is 24.0. The van der Waals surface area contributed by atoms with Crippen LogP contribution in [0.3, 0.4) is 0 Å². The van der Waals surface area contributed by atoms with Crippen molar-refractivity contribution in [1.29, 1.82) is 0 Å². The third-order valence-electron chi connectivity index (χ3n) is 3.92. The Labute approximate surface area is 126 Å². The largest absolute Gasteiger partial charge is 0.480 e. The molecule has 21 heavy (non-hydrogen) atoms. The van der Waals surface area contributed by atoms with E-state index in [9.17, 15) is 14.7 Å². The van der Waals surface area contributed by atoms with Crippen LogP contribution >= 0.6 is 0 Å². The van der Waals surface area contributed by atoms with Crippen LogP contribution in [0, 0.1) is 6.92 Å². The third-order valence-corrected chi connectivity index (χ3v) is 3.92. The standard InChI is InChI=1S/C17H25NO3/c1-6-10-17(5,15(20)21)18-14(19)16(3,4)13-9-7-8-12(2)11-13/h7-9,11H,6,10H2,1-5H3,(H,18,19)(H,20,21). The highest BCUT2D eigenvalue weighted by atomic mass is 16.4. The molecule has 1 rings (SSSR count). The average Bonchev–Trinajstić information content (AvgIpc) is 2.38. The lowest BCUT2D eigenvalue weighted by molar-refractivity contribution is -0.148. The van der Waals surface area contributed by atoms with Crippen LogP contribution in [0.25, 0.3) is 0 Å². The van der Waals surface area contributed by atoms with E-state index in [1.54, 1.807) is 6.92 Å². The van der Waals surface area contributed by atoms with Gasteiger partial charge in [-0.15, -0.1) is 0 Å². The van der Waals surface area contributed by atoms with E-state index in [4.69, 9.17) is 0 Å². The molecule has 1 atom stereocenters. The molecule has 4 heteroatoms. The van der Waals surface area contributed by atoms with Gasteiger partial charge in [0.15, 0.2) is 0 Å². The Morgan fingerprint density at radius 1 is 1.24 bits per heavy atom. The molecule has 0 aliphatic heterocycles. The van der Waals surface area contributed by atoms with Crippen LogP contribution in [0.2, 0.25) is 0 Å². The second-order valence-corrected chi connectivity index (χ2v) is 6.34. The number of carboxylic acid groups (broad SMARTS) is 1. The Balaban J connectivity index is 3.03. The summed E-state index contributed by atoms with van der Waals surface area (Å²) in [7, 11) is 0. The summed E-state index contributed by atoms with van der Waals surface area (Å²) in [5.41, 5.74) is -0.0594. The number of benzene rings is 1. The van der Waals surface area contributed by atoms with Crippen molar-refractivity contribution in [3.8, 4) is 0 Å². The van der Waals surface area contributed by atoms with Crippen molar-refractivity contribution < 1.29 is 14.7 Å². The van der Waals surface area contributed by atoms with Crippen molar-refractivity contribution in [2.75, 3.05) is 0 Å². The topological polar surface area (TPSA) is 66.4 Å². The van der Waals surface area contributed by atoms with Crippen LogP contribution in [0.15, 0.2) is 24.3 Å². The molecule has 4 nitrogen and oxygen atoms in total. The number of amides is 1. The smallest absolute Gasteiger partial charge is 0.329 e. The molecule has 0 heterocycles. The molecule has 0 aliphatic rings. The van der Waals surface area contributed by atoms with Crippen molar-refractivity contribution in [1.82, 2.24) is 5.32 Å². The van der Waals surface area contributed by atoms with Gasteiger partial charge < -0.3 is 10.4 Å². The fraction of sp³-hybridized carbons (Fsp3) is 0.529. The summed E-state index contributed by atoms with van der Waals surface area (Å²) in [5, 5.41) is 12.1.